The minimum Gasteiger partial charge on any atom is -0.382 e. The molecule has 0 radical (unpaired) electrons. The van der Waals surface area contributed by atoms with Gasteiger partial charge < -0.3 is 10.1 Å². The Hall–Kier alpha value is -2.87. The molecule has 2 fully saturated rings. The average molecular weight is 508 g/mol. The summed E-state index contributed by atoms with van der Waals surface area (Å²) in [6.07, 6.45) is 3.17. The summed E-state index contributed by atoms with van der Waals surface area (Å²) in [7, 11) is -3.73. The fraction of sp³-hybridized carbons (Fsp3) is 0.545. The Morgan fingerprint density at radius 2 is 1.89 bits per heavy atom. The predicted molar refractivity (Wildman–Crippen MR) is 124 cm³/mol. The highest BCUT2D eigenvalue weighted by Crippen LogP contribution is 2.32. The van der Waals surface area contributed by atoms with Crippen molar-refractivity contribution in [2.75, 3.05) is 31.6 Å². The number of ether oxygens (including phenoxy) is 1. The molecule has 3 aliphatic heterocycles. The van der Waals surface area contributed by atoms with E-state index >= 15 is 0 Å². The van der Waals surface area contributed by atoms with Crippen LogP contribution in [0.2, 0.25) is 0 Å². The fourth-order valence-electron chi connectivity index (χ4n) is 4.84. The van der Waals surface area contributed by atoms with Crippen molar-refractivity contribution in [3.63, 3.8) is 0 Å². The van der Waals surface area contributed by atoms with Crippen LogP contribution in [0.3, 0.4) is 0 Å². The standard InChI is InChI=1S/C22H29N5O7S/c23-35(32,33)26-11-2-1-4-14(26)9-12-34-13-10-24-16-6-3-5-15-19(16)22(31)27(21(15)30)17-7-8-18(28)25-20(17)29/h3,5-6,14,17,24H,1-2,4,7-13H2,(H2,23,32,33)(H,25,28,29). The lowest BCUT2D eigenvalue weighted by molar-refractivity contribution is -0.136. The zero-order valence-electron chi connectivity index (χ0n) is 19.2. The second-order valence-electron chi connectivity index (χ2n) is 8.81. The molecule has 0 spiro atoms. The van der Waals surface area contributed by atoms with Crippen LogP contribution in [0.15, 0.2) is 18.2 Å². The van der Waals surface area contributed by atoms with Crippen molar-refractivity contribution in [3.05, 3.63) is 29.3 Å². The van der Waals surface area contributed by atoms with Gasteiger partial charge in [-0.05, 0) is 37.8 Å². The van der Waals surface area contributed by atoms with E-state index in [4.69, 9.17) is 9.88 Å². The Kier molecular flexibility index (Phi) is 7.50. The second kappa shape index (κ2) is 10.4. The van der Waals surface area contributed by atoms with Crippen molar-refractivity contribution in [2.24, 2.45) is 5.14 Å². The first-order valence-corrected chi connectivity index (χ1v) is 13.1. The predicted octanol–water partition coefficient (Wildman–Crippen LogP) is -0.0356. The lowest BCUT2D eigenvalue weighted by Gasteiger charge is -2.33. The zero-order valence-corrected chi connectivity index (χ0v) is 20.0. The number of carbonyl (C=O) groups excluding carboxylic acids is 4. The van der Waals surface area contributed by atoms with E-state index in [0.29, 0.717) is 38.4 Å². The molecule has 4 amide bonds. The average Bonchev–Trinajstić information content (AvgIpc) is 3.06. The van der Waals surface area contributed by atoms with Gasteiger partial charge in [-0.15, -0.1) is 0 Å². The molecule has 4 rings (SSSR count). The number of hydrogen-bond donors (Lipinski definition) is 3. The first kappa shape index (κ1) is 25.2. The van der Waals surface area contributed by atoms with Gasteiger partial charge in [0.15, 0.2) is 0 Å². The maximum atomic E-state index is 13.1. The molecule has 0 bridgehead atoms. The third kappa shape index (κ3) is 5.37. The number of nitrogens with two attached hydrogens (primary N) is 1. The third-order valence-electron chi connectivity index (χ3n) is 6.53. The van der Waals surface area contributed by atoms with Crippen LogP contribution in [0, 0.1) is 0 Å². The molecule has 190 valence electrons. The van der Waals surface area contributed by atoms with E-state index in [1.165, 1.54) is 10.4 Å². The molecule has 0 aromatic heterocycles. The van der Waals surface area contributed by atoms with Crippen LogP contribution in [-0.4, -0.2) is 79.6 Å². The lowest BCUT2D eigenvalue weighted by atomic mass is 10.0. The first-order chi connectivity index (χ1) is 16.7. The first-order valence-electron chi connectivity index (χ1n) is 11.6. The van der Waals surface area contributed by atoms with E-state index in [0.717, 1.165) is 24.2 Å². The summed E-state index contributed by atoms with van der Waals surface area (Å²) in [6.45, 7) is 1.42. The van der Waals surface area contributed by atoms with E-state index in [1.54, 1.807) is 12.1 Å². The number of nitrogens with one attached hydrogen (secondary N) is 2. The van der Waals surface area contributed by atoms with Crippen molar-refractivity contribution >= 4 is 39.5 Å². The van der Waals surface area contributed by atoms with Gasteiger partial charge >= 0.3 is 0 Å². The van der Waals surface area contributed by atoms with Gasteiger partial charge in [-0.1, -0.05) is 12.5 Å². The molecular formula is C22H29N5O7S. The number of benzene rings is 1. The number of rotatable bonds is 9. The zero-order chi connectivity index (χ0) is 25.2. The number of anilines is 1. The molecule has 1 aromatic rings. The van der Waals surface area contributed by atoms with E-state index in [-0.39, 0.29) is 30.0 Å². The summed E-state index contributed by atoms with van der Waals surface area (Å²) in [5.41, 5.74) is 0.839. The number of hydrogen-bond acceptors (Lipinski definition) is 8. The minimum absolute atomic E-state index is 0.0576. The van der Waals surface area contributed by atoms with Crippen molar-refractivity contribution in [3.8, 4) is 0 Å². The molecule has 3 heterocycles. The highest BCUT2D eigenvalue weighted by molar-refractivity contribution is 7.86. The van der Waals surface area contributed by atoms with Gasteiger partial charge in [-0.25, -0.2) is 5.14 Å². The summed E-state index contributed by atoms with van der Waals surface area (Å²) in [5, 5.41) is 10.6. The van der Waals surface area contributed by atoms with E-state index < -0.39 is 39.9 Å². The smallest absolute Gasteiger partial charge is 0.277 e. The van der Waals surface area contributed by atoms with Gasteiger partial charge in [0.1, 0.15) is 6.04 Å². The number of fused-ring (bicyclic) bond motifs is 1. The number of imide groups is 2. The minimum atomic E-state index is -3.73. The quantitative estimate of drug-likeness (QED) is 0.309. The van der Waals surface area contributed by atoms with Crippen molar-refractivity contribution < 1.29 is 32.3 Å². The van der Waals surface area contributed by atoms with Crippen LogP contribution in [0.1, 0.15) is 59.2 Å². The largest absolute Gasteiger partial charge is 0.382 e. The number of amides is 4. The highest BCUT2D eigenvalue weighted by atomic mass is 32.2. The Balaban J connectivity index is 1.31. The van der Waals surface area contributed by atoms with E-state index in [1.807, 2.05) is 0 Å². The van der Waals surface area contributed by atoms with E-state index in [2.05, 4.69) is 10.6 Å². The van der Waals surface area contributed by atoms with Gasteiger partial charge in [0.25, 0.3) is 22.0 Å². The van der Waals surface area contributed by atoms with E-state index in [9.17, 15) is 27.6 Å². The highest BCUT2D eigenvalue weighted by Gasteiger charge is 2.45. The van der Waals surface area contributed by atoms with Crippen LogP contribution in [0.25, 0.3) is 0 Å². The van der Waals surface area contributed by atoms with Crippen LogP contribution in [-0.2, 0) is 24.5 Å². The second-order valence-corrected chi connectivity index (χ2v) is 10.3. The molecule has 2 unspecified atom stereocenters. The van der Waals surface area contributed by atoms with Gasteiger partial charge in [-0.2, -0.15) is 12.7 Å². The molecule has 0 saturated carbocycles. The Bertz CT molecular complexity index is 1140. The topological polar surface area (TPSA) is 168 Å². The maximum Gasteiger partial charge on any atom is 0.277 e. The molecule has 35 heavy (non-hydrogen) atoms. The normalized spacial score (nSPS) is 23.4. The maximum absolute atomic E-state index is 13.1. The molecule has 1 aromatic carbocycles. The summed E-state index contributed by atoms with van der Waals surface area (Å²) in [4.78, 5) is 50.6. The Labute approximate surface area is 203 Å². The fourth-order valence-corrected chi connectivity index (χ4v) is 5.85. The van der Waals surface area contributed by atoms with Crippen molar-refractivity contribution in [1.82, 2.24) is 14.5 Å². The molecule has 4 N–H and O–H groups in total. The molecular weight excluding hydrogens is 478 g/mol. The van der Waals surface area contributed by atoms with Crippen molar-refractivity contribution in [2.45, 2.75) is 50.6 Å². The Morgan fingerprint density at radius 3 is 2.63 bits per heavy atom. The molecule has 0 aliphatic carbocycles. The summed E-state index contributed by atoms with van der Waals surface area (Å²) < 4.78 is 30.5. The Morgan fingerprint density at radius 1 is 1.09 bits per heavy atom. The molecule has 3 aliphatic rings. The summed E-state index contributed by atoms with van der Waals surface area (Å²) >= 11 is 0. The van der Waals surface area contributed by atoms with Gasteiger partial charge in [-0.3, -0.25) is 29.4 Å². The third-order valence-corrected chi connectivity index (χ3v) is 7.66. The van der Waals surface area contributed by atoms with Crippen LogP contribution in [0.5, 0.6) is 0 Å². The SMILES string of the molecule is NS(=O)(=O)N1CCCCC1CCOCCNc1cccc2c1C(=O)N(C1CCC(=O)NC1=O)C2=O. The van der Waals surface area contributed by atoms with Crippen molar-refractivity contribution in [1.29, 1.82) is 0 Å². The lowest BCUT2D eigenvalue weighted by Crippen LogP contribution is -2.54. The number of nitrogens with zero attached hydrogens (tertiary/aromatic N) is 2. The number of piperidine rings is 2. The van der Waals surface area contributed by atoms with Crippen LogP contribution >= 0.6 is 0 Å². The molecule has 2 saturated heterocycles. The molecule has 2 atom stereocenters. The van der Waals surface area contributed by atoms with Gasteiger partial charge in [0.2, 0.25) is 11.8 Å². The number of carbonyl (C=O) groups is 4. The molecule has 13 heteroatoms. The molecule has 12 nitrogen and oxygen atoms in total. The van der Waals surface area contributed by atoms with Crippen LogP contribution < -0.4 is 15.8 Å². The monoisotopic (exact) mass is 507 g/mol. The summed E-state index contributed by atoms with van der Waals surface area (Å²) in [6, 6.07) is 3.65. The van der Waals surface area contributed by atoms with Gasteiger partial charge in [0.05, 0.1) is 17.7 Å². The van der Waals surface area contributed by atoms with Crippen LogP contribution in [0.4, 0.5) is 5.69 Å². The van der Waals surface area contributed by atoms with Gasteiger partial charge in [0, 0.05) is 37.8 Å². The summed E-state index contributed by atoms with van der Waals surface area (Å²) in [5.74, 6) is -2.22.